The number of aliphatic imine (C=N–C) groups is 1. The Morgan fingerprint density at radius 3 is 2.53 bits per heavy atom. The molecule has 0 atom stereocenters. The van der Waals surface area contributed by atoms with E-state index >= 15 is 0 Å². The first-order valence-corrected chi connectivity index (χ1v) is 11.4. The Balaban J connectivity index is 1.71. The first-order chi connectivity index (χ1) is 14.6. The van der Waals surface area contributed by atoms with Gasteiger partial charge in [0.1, 0.15) is 0 Å². The second kappa shape index (κ2) is 13.9. The van der Waals surface area contributed by atoms with Gasteiger partial charge in [0, 0.05) is 31.4 Å². The van der Waals surface area contributed by atoms with Crippen molar-refractivity contribution in [2.45, 2.75) is 78.0 Å². The summed E-state index contributed by atoms with van der Waals surface area (Å²) in [4.78, 5) is 16.4. The topological polar surface area (TPSA) is 86.8 Å². The third-order valence-electron chi connectivity index (χ3n) is 4.91. The van der Waals surface area contributed by atoms with E-state index in [-0.39, 0.29) is 12.1 Å². The lowest BCUT2D eigenvalue weighted by Gasteiger charge is -2.22. The number of nitrogens with zero attached hydrogens (tertiary/aromatic N) is 1. The Bertz CT molecular complexity index is 639. The fraction of sp³-hybridized carbons (Fsp3) is 0.652. The number of hydrogen-bond donors (Lipinski definition) is 4. The maximum absolute atomic E-state index is 11.8. The minimum absolute atomic E-state index is 0.106. The van der Waals surface area contributed by atoms with Crippen molar-refractivity contribution in [3.8, 4) is 0 Å². The maximum atomic E-state index is 11.8. The van der Waals surface area contributed by atoms with Gasteiger partial charge in [-0.05, 0) is 57.7 Å². The van der Waals surface area contributed by atoms with Crippen LogP contribution in [0.15, 0.2) is 29.3 Å². The first kappa shape index (κ1) is 24.0. The van der Waals surface area contributed by atoms with Gasteiger partial charge in [0.2, 0.25) is 0 Å². The summed E-state index contributed by atoms with van der Waals surface area (Å²) in [6, 6.07) is 7.67. The van der Waals surface area contributed by atoms with Gasteiger partial charge in [-0.1, -0.05) is 31.4 Å². The van der Waals surface area contributed by atoms with Gasteiger partial charge < -0.3 is 26.0 Å². The van der Waals surface area contributed by atoms with Crippen LogP contribution in [-0.2, 0) is 11.3 Å². The van der Waals surface area contributed by atoms with Crippen LogP contribution in [0.25, 0.3) is 0 Å². The van der Waals surface area contributed by atoms with Crippen LogP contribution in [0, 0.1) is 0 Å². The minimum Gasteiger partial charge on any atom is -0.378 e. The molecule has 30 heavy (non-hydrogen) atoms. The second-order valence-corrected chi connectivity index (χ2v) is 8.06. The highest BCUT2D eigenvalue weighted by atomic mass is 16.5. The molecule has 1 saturated carbocycles. The number of anilines is 1. The normalized spacial score (nSPS) is 15.1. The average molecular weight is 418 g/mol. The summed E-state index contributed by atoms with van der Waals surface area (Å²) in [5.74, 6) is 0.814. The molecular formula is C23H39N5O2. The number of ether oxygens (including phenoxy) is 1. The van der Waals surface area contributed by atoms with E-state index in [4.69, 9.17) is 4.74 Å². The summed E-state index contributed by atoms with van der Waals surface area (Å²) in [5.41, 5.74) is 1.85. The van der Waals surface area contributed by atoms with Crippen molar-refractivity contribution in [1.29, 1.82) is 0 Å². The Labute approximate surface area is 181 Å². The quantitative estimate of drug-likeness (QED) is 0.263. The number of nitrogens with one attached hydrogen (secondary N) is 4. The maximum Gasteiger partial charge on any atom is 0.319 e. The van der Waals surface area contributed by atoms with Crippen molar-refractivity contribution < 1.29 is 9.53 Å². The van der Waals surface area contributed by atoms with E-state index in [1.807, 2.05) is 38.1 Å². The number of urea groups is 1. The van der Waals surface area contributed by atoms with Gasteiger partial charge in [-0.3, -0.25) is 0 Å². The zero-order valence-corrected chi connectivity index (χ0v) is 18.8. The molecule has 0 spiro atoms. The lowest BCUT2D eigenvalue weighted by Crippen LogP contribution is -2.38. The molecule has 0 aromatic heterocycles. The van der Waals surface area contributed by atoms with Crippen LogP contribution in [0.3, 0.4) is 0 Å². The smallest absolute Gasteiger partial charge is 0.319 e. The summed E-state index contributed by atoms with van der Waals surface area (Å²) < 4.78 is 5.98. The molecule has 0 radical (unpaired) electrons. The van der Waals surface area contributed by atoms with Gasteiger partial charge in [-0.2, -0.15) is 0 Å². The zero-order valence-electron chi connectivity index (χ0n) is 18.8. The Kier molecular flexibility index (Phi) is 11.1. The molecule has 1 fully saturated rings. The Morgan fingerprint density at radius 1 is 1.13 bits per heavy atom. The van der Waals surface area contributed by atoms with Crippen LogP contribution in [0.2, 0.25) is 0 Å². The molecule has 168 valence electrons. The van der Waals surface area contributed by atoms with Gasteiger partial charge in [-0.25, -0.2) is 9.79 Å². The highest BCUT2D eigenvalue weighted by Crippen LogP contribution is 2.20. The number of carbonyl (C=O) groups is 1. The SMILES string of the molecule is CCNC(=NCc1ccc(NC(=O)NC(C)C)cc1)NCCCOC1CCCCC1. The molecule has 0 unspecified atom stereocenters. The number of rotatable bonds is 10. The van der Waals surface area contributed by atoms with Crippen molar-refractivity contribution in [1.82, 2.24) is 16.0 Å². The van der Waals surface area contributed by atoms with Crippen LogP contribution < -0.4 is 21.3 Å². The van der Waals surface area contributed by atoms with Gasteiger partial charge in [0.05, 0.1) is 12.6 Å². The van der Waals surface area contributed by atoms with E-state index in [1.54, 1.807) is 0 Å². The summed E-state index contributed by atoms with van der Waals surface area (Å²) in [6.07, 6.45) is 7.85. The van der Waals surface area contributed by atoms with Crippen molar-refractivity contribution in [2.24, 2.45) is 4.99 Å². The second-order valence-electron chi connectivity index (χ2n) is 8.06. The predicted octanol–water partition coefficient (Wildman–Crippen LogP) is 4.01. The molecule has 7 heteroatoms. The Hall–Kier alpha value is -2.28. The molecular weight excluding hydrogens is 378 g/mol. The third-order valence-corrected chi connectivity index (χ3v) is 4.91. The standard InChI is InChI=1S/C23H39N5O2/c1-4-24-22(25-15-8-16-30-21-9-6-5-7-10-21)26-17-19-11-13-20(14-12-19)28-23(29)27-18(2)3/h11-14,18,21H,4-10,15-17H2,1-3H3,(H2,24,25,26)(H2,27,28,29). The van der Waals surface area contributed by atoms with Gasteiger partial charge in [0.15, 0.2) is 5.96 Å². The highest BCUT2D eigenvalue weighted by molar-refractivity contribution is 5.89. The average Bonchev–Trinajstić information content (AvgIpc) is 2.73. The fourth-order valence-corrected chi connectivity index (χ4v) is 3.40. The molecule has 0 heterocycles. The largest absolute Gasteiger partial charge is 0.378 e. The Morgan fingerprint density at radius 2 is 1.87 bits per heavy atom. The zero-order chi connectivity index (χ0) is 21.6. The van der Waals surface area contributed by atoms with E-state index in [0.29, 0.717) is 12.6 Å². The number of hydrogen-bond acceptors (Lipinski definition) is 3. The first-order valence-electron chi connectivity index (χ1n) is 11.4. The van der Waals surface area contributed by atoms with Crippen LogP contribution in [-0.4, -0.2) is 43.8 Å². The third kappa shape index (κ3) is 9.96. The van der Waals surface area contributed by atoms with E-state index in [9.17, 15) is 4.79 Å². The van der Waals surface area contributed by atoms with E-state index in [0.717, 1.165) is 43.3 Å². The number of benzene rings is 1. The molecule has 2 amide bonds. The molecule has 1 aromatic rings. The molecule has 0 aliphatic heterocycles. The molecule has 0 saturated heterocycles. The minimum atomic E-state index is -0.193. The van der Waals surface area contributed by atoms with E-state index in [1.165, 1.54) is 32.1 Å². The lowest BCUT2D eigenvalue weighted by molar-refractivity contribution is 0.0277. The van der Waals surface area contributed by atoms with Gasteiger partial charge in [-0.15, -0.1) is 0 Å². The van der Waals surface area contributed by atoms with Crippen LogP contribution >= 0.6 is 0 Å². The van der Waals surface area contributed by atoms with E-state index in [2.05, 4.69) is 33.2 Å². The van der Waals surface area contributed by atoms with Gasteiger partial charge in [0.25, 0.3) is 0 Å². The monoisotopic (exact) mass is 417 g/mol. The summed E-state index contributed by atoms with van der Waals surface area (Å²) >= 11 is 0. The van der Waals surface area contributed by atoms with E-state index < -0.39 is 0 Å². The molecule has 1 aliphatic carbocycles. The molecule has 1 aromatic carbocycles. The highest BCUT2D eigenvalue weighted by Gasteiger charge is 2.13. The molecule has 4 N–H and O–H groups in total. The molecule has 2 rings (SSSR count). The summed E-state index contributed by atoms with van der Waals surface area (Å²) in [5, 5.41) is 12.3. The van der Waals surface area contributed by atoms with Crippen molar-refractivity contribution in [2.75, 3.05) is 25.0 Å². The summed E-state index contributed by atoms with van der Waals surface area (Å²) in [7, 11) is 0. The number of amides is 2. The van der Waals surface area contributed by atoms with Crippen LogP contribution in [0.5, 0.6) is 0 Å². The summed E-state index contributed by atoms with van der Waals surface area (Å²) in [6.45, 7) is 8.96. The molecule has 0 bridgehead atoms. The van der Waals surface area contributed by atoms with Crippen LogP contribution in [0.1, 0.15) is 64.9 Å². The van der Waals surface area contributed by atoms with Crippen LogP contribution in [0.4, 0.5) is 10.5 Å². The molecule has 7 nitrogen and oxygen atoms in total. The lowest BCUT2D eigenvalue weighted by atomic mass is 9.98. The van der Waals surface area contributed by atoms with Crippen molar-refractivity contribution in [3.63, 3.8) is 0 Å². The number of guanidine groups is 1. The van der Waals surface area contributed by atoms with Gasteiger partial charge >= 0.3 is 6.03 Å². The number of carbonyl (C=O) groups excluding carboxylic acids is 1. The fourth-order valence-electron chi connectivity index (χ4n) is 3.40. The van der Waals surface area contributed by atoms with Crippen molar-refractivity contribution in [3.05, 3.63) is 29.8 Å². The van der Waals surface area contributed by atoms with Crippen molar-refractivity contribution >= 4 is 17.7 Å². The molecule has 1 aliphatic rings. The predicted molar refractivity (Wildman–Crippen MR) is 124 cm³/mol.